The topological polar surface area (TPSA) is 121 Å². The molecule has 1 saturated carbocycles. The number of carbonyl (C=O) groups excluding carboxylic acids is 2. The Morgan fingerprint density at radius 2 is 2.09 bits per heavy atom. The Labute approximate surface area is 188 Å². The van der Waals surface area contributed by atoms with E-state index in [0.29, 0.717) is 25.0 Å². The summed E-state index contributed by atoms with van der Waals surface area (Å²) >= 11 is 0. The fourth-order valence-electron chi connectivity index (χ4n) is 3.98. The number of halogens is 2. The Morgan fingerprint density at radius 3 is 2.67 bits per heavy atom. The van der Waals surface area contributed by atoms with E-state index in [1.807, 2.05) is 0 Å². The first-order chi connectivity index (χ1) is 15.6. The Bertz CT molecular complexity index is 1170. The van der Waals surface area contributed by atoms with E-state index < -0.39 is 23.6 Å². The van der Waals surface area contributed by atoms with Gasteiger partial charge in [0, 0.05) is 49.7 Å². The van der Waals surface area contributed by atoms with Gasteiger partial charge < -0.3 is 15.0 Å². The van der Waals surface area contributed by atoms with Crippen LogP contribution in [0.3, 0.4) is 0 Å². The lowest BCUT2D eigenvalue weighted by molar-refractivity contribution is -0.143. The van der Waals surface area contributed by atoms with Crippen molar-refractivity contribution in [3.63, 3.8) is 0 Å². The number of pyridine rings is 1. The van der Waals surface area contributed by atoms with Gasteiger partial charge in [-0.1, -0.05) is 0 Å². The van der Waals surface area contributed by atoms with Crippen LogP contribution in [0.2, 0.25) is 0 Å². The molecule has 1 unspecified atom stereocenters. The van der Waals surface area contributed by atoms with E-state index in [1.165, 1.54) is 13.0 Å². The number of rotatable bonds is 6. The number of anilines is 3. The monoisotopic (exact) mass is 456 g/mol. The summed E-state index contributed by atoms with van der Waals surface area (Å²) in [5.74, 6) is -6.39. The highest BCUT2D eigenvalue weighted by Crippen LogP contribution is 2.58. The minimum Gasteiger partial charge on any atom is -0.465 e. The smallest absolute Gasteiger partial charge is 0.329 e. The van der Waals surface area contributed by atoms with Gasteiger partial charge in [0.1, 0.15) is 11.6 Å². The van der Waals surface area contributed by atoms with Crippen LogP contribution in [-0.4, -0.2) is 40.0 Å². The van der Waals surface area contributed by atoms with Crippen molar-refractivity contribution in [1.82, 2.24) is 15.0 Å². The molecule has 3 heterocycles. The zero-order chi connectivity index (χ0) is 24.0. The molecule has 0 bridgehead atoms. The maximum Gasteiger partial charge on any atom is 0.329 e. The molecule has 1 aliphatic heterocycles. The van der Waals surface area contributed by atoms with Gasteiger partial charge in [-0.3, -0.25) is 9.59 Å². The van der Waals surface area contributed by atoms with Crippen LogP contribution in [0.25, 0.3) is 0 Å². The molecule has 1 amide bonds. The van der Waals surface area contributed by atoms with E-state index >= 15 is 0 Å². The molecule has 0 aromatic carbocycles. The molecular weight excluding hydrogens is 434 g/mol. The predicted octanol–water partition coefficient (Wildman–Crippen LogP) is 3.30. The zero-order valence-corrected chi connectivity index (χ0v) is 18.4. The van der Waals surface area contributed by atoms with Gasteiger partial charge in [0.25, 0.3) is 0 Å². The lowest BCUT2D eigenvalue weighted by atomic mass is 10.0. The first kappa shape index (κ1) is 22.5. The van der Waals surface area contributed by atoms with Crippen molar-refractivity contribution in [2.75, 3.05) is 23.4 Å². The molecular formula is C22H22F2N6O3. The van der Waals surface area contributed by atoms with Crippen LogP contribution in [0.15, 0.2) is 18.3 Å². The molecule has 1 spiro atoms. The molecule has 9 nitrogen and oxygen atoms in total. The number of alkyl halides is 2. The summed E-state index contributed by atoms with van der Waals surface area (Å²) in [4.78, 5) is 37.7. The van der Waals surface area contributed by atoms with Crippen molar-refractivity contribution >= 4 is 29.2 Å². The summed E-state index contributed by atoms with van der Waals surface area (Å²) in [5, 5.41) is 12.2. The highest BCUT2D eigenvalue weighted by Gasteiger charge is 2.53. The van der Waals surface area contributed by atoms with Crippen molar-refractivity contribution in [1.29, 1.82) is 5.26 Å². The summed E-state index contributed by atoms with van der Waals surface area (Å²) < 4.78 is 33.5. The number of fused-ring (bicyclic) bond motifs is 2. The van der Waals surface area contributed by atoms with E-state index in [0.717, 1.165) is 18.4 Å². The molecule has 172 valence electrons. The first-order valence-corrected chi connectivity index (χ1v) is 10.5. The predicted molar refractivity (Wildman–Crippen MR) is 113 cm³/mol. The van der Waals surface area contributed by atoms with Gasteiger partial charge in [0.15, 0.2) is 5.92 Å². The average molecular weight is 456 g/mol. The van der Waals surface area contributed by atoms with Gasteiger partial charge in [0.2, 0.25) is 11.7 Å². The third-order valence-electron chi connectivity index (χ3n) is 5.71. The summed E-state index contributed by atoms with van der Waals surface area (Å²) in [6.07, 6.45) is 3.48. The average Bonchev–Trinajstić information content (AvgIpc) is 3.44. The number of amides is 1. The van der Waals surface area contributed by atoms with Gasteiger partial charge in [-0.2, -0.15) is 14.0 Å². The highest BCUT2D eigenvalue weighted by molar-refractivity contribution is 5.89. The third-order valence-corrected chi connectivity index (χ3v) is 5.71. The number of aromatic nitrogens is 3. The normalized spacial score (nSPS) is 16.7. The van der Waals surface area contributed by atoms with Crippen LogP contribution in [0.1, 0.15) is 56.6 Å². The second kappa shape index (κ2) is 8.03. The Morgan fingerprint density at radius 1 is 1.36 bits per heavy atom. The van der Waals surface area contributed by atoms with Crippen molar-refractivity contribution in [3.8, 4) is 6.07 Å². The van der Waals surface area contributed by atoms with Gasteiger partial charge in [-0.05, 0) is 19.8 Å². The molecule has 2 aliphatic rings. The maximum atomic E-state index is 14.3. The molecule has 4 rings (SSSR count). The van der Waals surface area contributed by atoms with Gasteiger partial charge in [-0.25, -0.2) is 15.0 Å². The molecule has 1 aliphatic carbocycles. The van der Waals surface area contributed by atoms with Crippen LogP contribution in [0, 0.1) is 11.3 Å². The molecule has 1 atom stereocenters. The quantitative estimate of drug-likeness (QED) is 0.658. The minimum absolute atomic E-state index is 0.0344. The molecule has 1 N–H and O–H groups in total. The number of hydrogen-bond acceptors (Lipinski definition) is 8. The van der Waals surface area contributed by atoms with Crippen molar-refractivity contribution < 1.29 is 23.1 Å². The Hall–Kier alpha value is -3.68. The largest absolute Gasteiger partial charge is 0.465 e. The molecule has 33 heavy (non-hydrogen) atoms. The number of carbonyl (C=O) groups is 2. The molecule has 0 radical (unpaired) electrons. The molecule has 0 saturated heterocycles. The van der Waals surface area contributed by atoms with Gasteiger partial charge in [-0.15, -0.1) is 0 Å². The molecule has 2 aromatic rings. The number of nitrogens with zero attached hydrogens (tertiary/aromatic N) is 5. The standard InChI is InChI=1S/C22H22F2N6O3/c1-4-33-19(32)13(9-25)15-7-18(29-20(28-15)21(3,23)24)30-11-22(5-6-22)14-10-26-17(8-16(14)30)27-12(2)31/h7-8,10,13H,4-6,11H2,1-3H3,(H,26,27,31). The summed E-state index contributed by atoms with van der Waals surface area (Å²) in [6, 6.07) is 4.83. The summed E-state index contributed by atoms with van der Waals surface area (Å²) in [5.41, 5.74) is 1.27. The number of ether oxygens (including phenoxy) is 1. The summed E-state index contributed by atoms with van der Waals surface area (Å²) in [7, 11) is 0. The SMILES string of the molecule is CCOC(=O)C(C#N)c1cc(N2CC3(CC3)c3cnc(NC(C)=O)cc32)nc(C(C)(F)F)n1. The van der Waals surface area contributed by atoms with Crippen LogP contribution in [0.4, 0.5) is 26.1 Å². The van der Waals surface area contributed by atoms with Crippen molar-refractivity contribution in [2.45, 2.75) is 50.9 Å². The van der Waals surface area contributed by atoms with Crippen LogP contribution in [-0.2, 0) is 25.7 Å². The van der Waals surface area contributed by atoms with Crippen molar-refractivity contribution in [3.05, 3.63) is 35.4 Å². The highest BCUT2D eigenvalue weighted by atomic mass is 19.3. The van der Waals surface area contributed by atoms with E-state index in [4.69, 9.17) is 4.74 Å². The fourth-order valence-corrected chi connectivity index (χ4v) is 3.98. The van der Waals surface area contributed by atoms with Gasteiger partial charge in [0.05, 0.1) is 24.1 Å². The van der Waals surface area contributed by atoms with E-state index in [-0.39, 0.29) is 29.4 Å². The van der Waals surface area contributed by atoms with Crippen molar-refractivity contribution in [2.24, 2.45) is 0 Å². The molecule has 11 heteroatoms. The lowest BCUT2D eigenvalue weighted by Gasteiger charge is -2.22. The summed E-state index contributed by atoms with van der Waals surface area (Å²) in [6.45, 7) is 4.10. The van der Waals surface area contributed by atoms with E-state index in [2.05, 4.69) is 20.3 Å². The molecule has 1 fully saturated rings. The fraction of sp³-hybridized carbons (Fsp3) is 0.455. The minimum atomic E-state index is -3.40. The molecule has 2 aromatic heterocycles. The number of hydrogen-bond donors (Lipinski definition) is 1. The number of nitriles is 1. The second-order valence-corrected chi connectivity index (χ2v) is 8.31. The Balaban J connectivity index is 1.83. The Kier molecular flexibility index (Phi) is 5.47. The first-order valence-electron chi connectivity index (χ1n) is 10.5. The van der Waals surface area contributed by atoms with E-state index in [9.17, 15) is 23.6 Å². The van der Waals surface area contributed by atoms with Gasteiger partial charge >= 0.3 is 11.9 Å². The van der Waals surface area contributed by atoms with Crippen LogP contribution < -0.4 is 10.2 Å². The number of nitrogens with one attached hydrogen (secondary N) is 1. The zero-order valence-electron chi connectivity index (χ0n) is 18.4. The third kappa shape index (κ3) is 4.20. The number of esters is 1. The van der Waals surface area contributed by atoms with Crippen LogP contribution in [0.5, 0.6) is 0 Å². The van der Waals surface area contributed by atoms with Crippen LogP contribution >= 0.6 is 0 Å². The maximum absolute atomic E-state index is 14.3. The van der Waals surface area contributed by atoms with E-state index in [1.54, 1.807) is 30.2 Å². The second-order valence-electron chi connectivity index (χ2n) is 8.31. The lowest BCUT2D eigenvalue weighted by Crippen LogP contribution is -2.25.